The lowest BCUT2D eigenvalue weighted by Gasteiger charge is -1.97. The fourth-order valence-corrected chi connectivity index (χ4v) is 1.10. The molecule has 0 aliphatic heterocycles. The van der Waals surface area contributed by atoms with Crippen LogP contribution in [0.15, 0.2) is 12.1 Å². The third-order valence-corrected chi connectivity index (χ3v) is 1.80. The van der Waals surface area contributed by atoms with Crippen molar-refractivity contribution in [2.24, 2.45) is 0 Å². The Bertz CT molecular complexity index is 366. The third kappa shape index (κ3) is 1.64. The smallest absolute Gasteiger partial charge is 0.126 e. The largest absolute Gasteiger partial charge is 0.373 e. The van der Waals surface area contributed by atoms with Crippen molar-refractivity contribution in [2.45, 2.75) is 13.8 Å². The summed E-state index contributed by atoms with van der Waals surface area (Å²) >= 11 is 0. The molecule has 0 aliphatic carbocycles. The molecule has 0 saturated heterocycles. The normalized spacial score (nSPS) is 13.6. The second kappa shape index (κ2) is 3.90. The van der Waals surface area contributed by atoms with E-state index in [1.54, 1.807) is 0 Å². The Morgan fingerprint density at radius 2 is 2.00 bits per heavy atom. The fourth-order valence-electron chi connectivity index (χ4n) is 1.10. The maximum absolute atomic E-state index is 4.38. The molecule has 0 unspecified atom stereocenters. The fraction of sp³-hybridized carbons (Fsp3) is 0.300. The van der Waals surface area contributed by atoms with Crippen molar-refractivity contribution in [1.82, 2.24) is 4.98 Å². The van der Waals surface area contributed by atoms with Crippen LogP contribution in [0.5, 0.6) is 0 Å². The third-order valence-electron chi connectivity index (χ3n) is 1.80. The van der Waals surface area contributed by atoms with E-state index in [1.807, 2.05) is 33.0 Å². The standard InChI is InChI=1S/C10H14N2/c1-4-8-6-7-10(11-3)12-9(8)5-2/h4-7H,1-3H3,(H,11,12)/b8-4-,9-5+. The van der Waals surface area contributed by atoms with Gasteiger partial charge in [-0.3, -0.25) is 0 Å². The molecule has 0 atom stereocenters. The highest BCUT2D eigenvalue weighted by Crippen LogP contribution is 1.91. The van der Waals surface area contributed by atoms with E-state index >= 15 is 0 Å². The molecule has 0 bridgehead atoms. The zero-order chi connectivity index (χ0) is 8.97. The summed E-state index contributed by atoms with van der Waals surface area (Å²) in [6, 6.07) is 4.04. The molecule has 1 rings (SSSR count). The van der Waals surface area contributed by atoms with E-state index in [4.69, 9.17) is 0 Å². The van der Waals surface area contributed by atoms with Gasteiger partial charge in [-0.25, -0.2) is 4.98 Å². The van der Waals surface area contributed by atoms with E-state index in [-0.39, 0.29) is 0 Å². The molecule has 1 N–H and O–H groups in total. The SMILES string of the molecule is C/C=c1/ccc(NC)n/c1=C/C. The lowest BCUT2D eigenvalue weighted by atomic mass is 10.3. The summed E-state index contributed by atoms with van der Waals surface area (Å²) in [5.74, 6) is 0.911. The first-order valence-corrected chi connectivity index (χ1v) is 4.09. The molecule has 12 heavy (non-hydrogen) atoms. The summed E-state index contributed by atoms with van der Waals surface area (Å²) in [4.78, 5) is 4.38. The quantitative estimate of drug-likeness (QED) is 0.658. The van der Waals surface area contributed by atoms with Crippen molar-refractivity contribution in [3.8, 4) is 0 Å². The van der Waals surface area contributed by atoms with Crippen molar-refractivity contribution in [1.29, 1.82) is 0 Å². The first-order chi connectivity index (χ1) is 5.81. The zero-order valence-corrected chi connectivity index (χ0v) is 7.76. The Morgan fingerprint density at radius 1 is 1.25 bits per heavy atom. The Morgan fingerprint density at radius 3 is 2.50 bits per heavy atom. The maximum Gasteiger partial charge on any atom is 0.126 e. The van der Waals surface area contributed by atoms with E-state index in [0.29, 0.717) is 0 Å². The molecule has 0 aliphatic rings. The lowest BCUT2D eigenvalue weighted by molar-refractivity contribution is 1.20. The number of nitrogens with zero attached hydrogens (tertiary/aromatic N) is 1. The van der Waals surface area contributed by atoms with Crippen LogP contribution in [0.2, 0.25) is 0 Å². The summed E-state index contributed by atoms with van der Waals surface area (Å²) in [5, 5.41) is 5.22. The van der Waals surface area contributed by atoms with Gasteiger partial charge in [0.1, 0.15) is 5.82 Å². The van der Waals surface area contributed by atoms with Crippen LogP contribution in [0.1, 0.15) is 13.8 Å². The van der Waals surface area contributed by atoms with Crippen molar-refractivity contribution in [3.05, 3.63) is 22.7 Å². The number of pyridine rings is 1. The zero-order valence-electron chi connectivity index (χ0n) is 7.76. The molecule has 0 spiro atoms. The number of nitrogens with one attached hydrogen (secondary N) is 1. The van der Waals surface area contributed by atoms with Gasteiger partial charge in [-0.1, -0.05) is 12.2 Å². The van der Waals surface area contributed by atoms with Crippen LogP contribution in [-0.2, 0) is 0 Å². The molecule has 0 amide bonds. The first-order valence-electron chi connectivity index (χ1n) is 4.09. The van der Waals surface area contributed by atoms with Gasteiger partial charge >= 0.3 is 0 Å². The number of hydrogen-bond acceptors (Lipinski definition) is 2. The van der Waals surface area contributed by atoms with Gasteiger partial charge in [0.2, 0.25) is 0 Å². The predicted molar refractivity (Wildman–Crippen MR) is 53.3 cm³/mol. The van der Waals surface area contributed by atoms with Crippen LogP contribution >= 0.6 is 0 Å². The summed E-state index contributed by atoms with van der Waals surface area (Å²) in [6.07, 6.45) is 4.07. The van der Waals surface area contributed by atoms with Crippen LogP contribution in [0.4, 0.5) is 5.82 Å². The Labute approximate surface area is 72.6 Å². The summed E-state index contributed by atoms with van der Waals surface area (Å²) in [6.45, 7) is 4.01. The lowest BCUT2D eigenvalue weighted by Crippen LogP contribution is -2.27. The molecule has 1 aromatic heterocycles. The molecule has 0 radical (unpaired) electrons. The van der Waals surface area contributed by atoms with Gasteiger partial charge in [-0.15, -0.1) is 0 Å². The number of anilines is 1. The monoisotopic (exact) mass is 162 g/mol. The molecular weight excluding hydrogens is 148 g/mol. The minimum absolute atomic E-state index is 0.911. The molecule has 2 nitrogen and oxygen atoms in total. The number of rotatable bonds is 1. The van der Waals surface area contributed by atoms with E-state index < -0.39 is 0 Å². The number of hydrogen-bond donors (Lipinski definition) is 1. The van der Waals surface area contributed by atoms with Gasteiger partial charge in [0.05, 0.1) is 5.35 Å². The van der Waals surface area contributed by atoms with Crippen LogP contribution < -0.4 is 15.9 Å². The summed E-state index contributed by atoms with van der Waals surface area (Å²) in [5.41, 5.74) is 0. The van der Waals surface area contributed by atoms with E-state index in [0.717, 1.165) is 11.2 Å². The second-order valence-electron chi connectivity index (χ2n) is 2.50. The highest BCUT2D eigenvalue weighted by Gasteiger charge is 1.88. The van der Waals surface area contributed by atoms with Gasteiger partial charge in [-0.05, 0) is 31.2 Å². The highest BCUT2D eigenvalue weighted by molar-refractivity contribution is 5.37. The topological polar surface area (TPSA) is 24.9 Å². The molecular formula is C10H14N2. The van der Waals surface area contributed by atoms with Crippen molar-refractivity contribution in [2.75, 3.05) is 12.4 Å². The number of aromatic nitrogens is 1. The molecule has 0 aromatic carbocycles. The maximum atomic E-state index is 4.38. The minimum Gasteiger partial charge on any atom is -0.373 e. The summed E-state index contributed by atoms with van der Waals surface area (Å²) < 4.78 is 0. The van der Waals surface area contributed by atoms with E-state index in [9.17, 15) is 0 Å². The Balaban J connectivity index is 3.42. The van der Waals surface area contributed by atoms with E-state index in [2.05, 4.69) is 22.4 Å². The Kier molecular flexibility index (Phi) is 2.86. The van der Waals surface area contributed by atoms with Crippen LogP contribution in [0.3, 0.4) is 0 Å². The molecule has 1 aromatic rings. The molecule has 1 heterocycles. The van der Waals surface area contributed by atoms with Gasteiger partial charge < -0.3 is 5.32 Å². The van der Waals surface area contributed by atoms with Gasteiger partial charge in [-0.2, -0.15) is 0 Å². The average molecular weight is 162 g/mol. The van der Waals surface area contributed by atoms with Crippen molar-refractivity contribution >= 4 is 18.0 Å². The van der Waals surface area contributed by atoms with Gasteiger partial charge in [0.15, 0.2) is 0 Å². The van der Waals surface area contributed by atoms with E-state index in [1.165, 1.54) is 5.22 Å². The van der Waals surface area contributed by atoms with Crippen LogP contribution in [0.25, 0.3) is 12.2 Å². The first kappa shape index (κ1) is 8.78. The average Bonchev–Trinajstić information content (AvgIpc) is 2.16. The van der Waals surface area contributed by atoms with Crippen LogP contribution in [-0.4, -0.2) is 12.0 Å². The van der Waals surface area contributed by atoms with Gasteiger partial charge in [0, 0.05) is 7.05 Å². The predicted octanol–water partition coefficient (Wildman–Crippen LogP) is 0.724. The second-order valence-corrected chi connectivity index (χ2v) is 2.50. The molecule has 64 valence electrons. The molecule has 0 saturated carbocycles. The van der Waals surface area contributed by atoms with Crippen molar-refractivity contribution in [3.63, 3.8) is 0 Å². The van der Waals surface area contributed by atoms with Crippen LogP contribution in [0, 0.1) is 0 Å². The molecule has 2 heteroatoms. The van der Waals surface area contributed by atoms with Crippen molar-refractivity contribution < 1.29 is 0 Å². The molecule has 0 fully saturated rings. The Hall–Kier alpha value is -1.31. The highest BCUT2D eigenvalue weighted by atomic mass is 14.9. The minimum atomic E-state index is 0.911. The summed E-state index contributed by atoms with van der Waals surface area (Å²) in [7, 11) is 1.87. The van der Waals surface area contributed by atoms with Gasteiger partial charge in [0.25, 0.3) is 0 Å².